The van der Waals surface area contributed by atoms with Crippen LogP contribution in [0.2, 0.25) is 0 Å². The maximum Gasteiger partial charge on any atom is 0.387 e. The zero-order valence-corrected chi connectivity index (χ0v) is 13.5. The Balaban J connectivity index is 1.92. The monoisotopic (exact) mass is 349 g/mol. The maximum atomic E-state index is 12.2. The van der Waals surface area contributed by atoms with Crippen LogP contribution in [0, 0.1) is 0 Å². The van der Waals surface area contributed by atoms with E-state index in [1.807, 2.05) is 19.1 Å². The SMILES string of the molecule is CCc1ccccc1NC(=O)COC(=O)c1cccc(OC(F)F)c1. The van der Waals surface area contributed by atoms with Gasteiger partial charge in [0.2, 0.25) is 0 Å². The Labute approximate surface area is 143 Å². The molecule has 0 aliphatic carbocycles. The summed E-state index contributed by atoms with van der Waals surface area (Å²) in [6, 6.07) is 12.5. The molecule has 0 aliphatic heterocycles. The number of anilines is 1. The van der Waals surface area contributed by atoms with Crippen molar-refractivity contribution < 1.29 is 27.8 Å². The second kappa shape index (κ2) is 8.77. The Kier molecular flexibility index (Phi) is 6.45. The topological polar surface area (TPSA) is 64.6 Å². The predicted octanol–water partition coefficient (Wildman–Crippen LogP) is 3.65. The first kappa shape index (κ1) is 18.4. The third-order valence-corrected chi connectivity index (χ3v) is 3.30. The van der Waals surface area contributed by atoms with E-state index in [2.05, 4.69) is 10.1 Å². The van der Waals surface area contributed by atoms with Gasteiger partial charge >= 0.3 is 12.6 Å². The molecule has 0 fully saturated rings. The summed E-state index contributed by atoms with van der Waals surface area (Å²) in [6.07, 6.45) is 0.743. The normalized spacial score (nSPS) is 10.4. The number of rotatable bonds is 7. The van der Waals surface area contributed by atoms with Crippen LogP contribution in [-0.4, -0.2) is 25.1 Å². The van der Waals surface area contributed by atoms with E-state index in [9.17, 15) is 18.4 Å². The van der Waals surface area contributed by atoms with Crippen molar-refractivity contribution in [2.45, 2.75) is 20.0 Å². The quantitative estimate of drug-likeness (QED) is 0.775. The molecule has 0 heterocycles. The molecule has 132 valence electrons. The van der Waals surface area contributed by atoms with Crippen molar-refractivity contribution in [3.8, 4) is 5.75 Å². The molecule has 1 amide bonds. The van der Waals surface area contributed by atoms with Gasteiger partial charge in [-0.25, -0.2) is 4.79 Å². The highest BCUT2D eigenvalue weighted by atomic mass is 19.3. The van der Waals surface area contributed by atoms with Crippen LogP contribution in [0.3, 0.4) is 0 Å². The standard InChI is InChI=1S/C18H17F2NO4/c1-2-12-6-3-4-9-15(12)21-16(22)11-24-17(23)13-7-5-8-14(10-13)25-18(19)20/h3-10,18H,2,11H2,1H3,(H,21,22). The van der Waals surface area contributed by atoms with Gasteiger partial charge in [0, 0.05) is 5.69 Å². The largest absolute Gasteiger partial charge is 0.452 e. The van der Waals surface area contributed by atoms with E-state index in [1.54, 1.807) is 12.1 Å². The molecule has 5 nitrogen and oxygen atoms in total. The summed E-state index contributed by atoms with van der Waals surface area (Å²) in [5, 5.41) is 2.67. The molecule has 0 bridgehead atoms. The van der Waals surface area contributed by atoms with Gasteiger partial charge in [0.1, 0.15) is 5.75 Å². The van der Waals surface area contributed by atoms with E-state index in [-0.39, 0.29) is 11.3 Å². The number of aryl methyl sites for hydroxylation is 1. The molecular weight excluding hydrogens is 332 g/mol. The van der Waals surface area contributed by atoms with Crippen LogP contribution in [0.5, 0.6) is 5.75 Å². The van der Waals surface area contributed by atoms with E-state index in [0.29, 0.717) is 5.69 Å². The zero-order valence-electron chi connectivity index (χ0n) is 13.5. The zero-order chi connectivity index (χ0) is 18.2. The van der Waals surface area contributed by atoms with Gasteiger partial charge in [-0.15, -0.1) is 0 Å². The molecule has 0 radical (unpaired) electrons. The smallest absolute Gasteiger partial charge is 0.387 e. The molecule has 2 aromatic rings. The lowest BCUT2D eigenvalue weighted by atomic mass is 10.1. The van der Waals surface area contributed by atoms with Crippen molar-refractivity contribution in [2.24, 2.45) is 0 Å². The predicted molar refractivity (Wildman–Crippen MR) is 87.8 cm³/mol. The summed E-state index contributed by atoms with van der Waals surface area (Å²) in [5.41, 5.74) is 1.62. The number of halogens is 2. The van der Waals surface area contributed by atoms with E-state index in [4.69, 9.17) is 4.74 Å². The summed E-state index contributed by atoms with van der Waals surface area (Å²) < 4.78 is 33.5. The highest BCUT2D eigenvalue weighted by Crippen LogP contribution is 2.17. The Bertz CT molecular complexity index is 749. The van der Waals surface area contributed by atoms with Gasteiger partial charge in [0.25, 0.3) is 5.91 Å². The van der Waals surface area contributed by atoms with E-state index in [0.717, 1.165) is 18.1 Å². The van der Waals surface area contributed by atoms with Crippen LogP contribution in [0.15, 0.2) is 48.5 Å². The van der Waals surface area contributed by atoms with Crippen molar-refractivity contribution in [3.05, 3.63) is 59.7 Å². The van der Waals surface area contributed by atoms with Crippen molar-refractivity contribution in [3.63, 3.8) is 0 Å². The van der Waals surface area contributed by atoms with E-state index >= 15 is 0 Å². The molecular formula is C18H17F2NO4. The second-order valence-corrected chi connectivity index (χ2v) is 5.04. The van der Waals surface area contributed by atoms with Crippen LogP contribution in [0.4, 0.5) is 14.5 Å². The summed E-state index contributed by atoms with van der Waals surface area (Å²) in [5.74, 6) is -1.46. The van der Waals surface area contributed by atoms with Crippen LogP contribution >= 0.6 is 0 Å². The minimum atomic E-state index is -2.99. The summed E-state index contributed by atoms with van der Waals surface area (Å²) in [7, 11) is 0. The maximum absolute atomic E-state index is 12.2. The lowest BCUT2D eigenvalue weighted by Crippen LogP contribution is -2.21. The number of esters is 1. The Morgan fingerprint density at radius 2 is 1.88 bits per heavy atom. The first-order chi connectivity index (χ1) is 12.0. The third-order valence-electron chi connectivity index (χ3n) is 3.30. The van der Waals surface area contributed by atoms with Gasteiger partial charge < -0.3 is 14.8 Å². The lowest BCUT2D eigenvalue weighted by molar-refractivity contribution is -0.119. The number of carbonyl (C=O) groups excluding carboxylic acids is 2. The van der Waals surface area contributed by atoms with Crippen molar-refractivity contribution in [1.82, 2.24) is 0 Å². The summed E-state index contributed by atoms with van der Waals surface area (Å²) in [4.78, 5) is 23.8. The van der Waals surface area contributed by atoms with E-state index < -0.39 is 25.1 Å². The fraction of sp³-hybridized carbons (Fsp3) is 0.222. The van der Waals surface area contributed by atoms with Gasteiger partial charge in [-0.1, -0.05) is 31.2 Å². The Morgan fingerprint density at radius 3 is 2.60 bits per heavy atom. The number of para-hydroxylation sites is 1. The van der Waals surface area contributed by atoms with E-state index in [1.165, 1.54) is 18.2 Å². The molecule has 0 aromatic heterocycles. The van der Waals surface area contributed by atoms with Gasteiger partial charge in [-0.05, 0) is 36.2 Å². The summed E-state index contributed by atoms with van der Waals surface area (Å²) >= 11 is 0. The number of nitrogens with one attached hydrogen (secondary N) is 1. The highest BCUT2D eigenvalue weighted by molar-refractivity contribution is 5.96. The van der Waals surface area contributed by atoms with Crippen LogP contribution < -0.4 is 10.1 Å². The number of hydrogen-bond acceptors (Lipinski definition) is 4. The molecule has 2 rings (SSSR count). The second-order valence-electron chi connectivity index (χ2n) is 5.04. The average molecular weight is 349 g/mol. The van der Waals surface area contributed by atoms with Gasteiger partial charge in [-0.2, -0.15) is 8.78 Å². The molecule has 7 heteroatoms. The Morgan fingerprint density at radius 1 is 1.12 bits per heavy atom. The molecule has 0 atom stereocenters. The van der Waals surface area contributed by atoms with Gasteiger partial charge in [0.05, 0.1) is 5.56 Å². The third kappa shape index (κ3) is 5.56. The molecule has 25 heavy (non-hydrogen) atoms. The molecule has 0 spiro atoms. The lowest BCUT2D eigenvalue weighted by Gasteiger charge is -2.10. The number of hydrogen-bond donors (Lipinski definition) is 1. The van der Waals surface area contributed by atoms with Crippen molar-refractivity contribution >= 4 is 17.6 Å². The van der Waals surface area contributed by atoms with Crippen LogP contribution in [0.1, 0.15) is 22.8 Å². The first-order valence-corrected chi connectivity index (χ1v) is 7.59. The van der Waals surface area contributed by atoms with Gasteiger partial charge in [0.15, 0.2) is 6.61 Å². The van der Waals surface area contributed by atoms with Crippen molar-refractivity contribution in [1.29, 1.82) is 0 Å². The molecule has 0 saturated heterocycles. The minimum absolute atomic E-state index is 0.0138. The Hall–Kier alpha value is -2.96. The average Bonchev–Trinajstić information content (AvgIpc) is 2.60. The van der Waals surface area contributed by atoms with Crippen molar-refractivity contribution in [2.75, 3.05) is 11.9 Å². The fourth-order valence-corrected chi connectivity index (χ4v) is 2.15. The molecule has 0 unspecified atom stereocenters. The minimum Gasteiger partial charge on any atom is -0.452 e. The molecule has 2 aromatic carbocycles. The molecule has 0 aliphatic rings. The van der Waals surface area contributed by atoms with Gasteiger partial charge in [-0.3, -0.25) is 4.79 Å². The molecule has 0 saturated carbocycles. The molecule has 1 N–H and O–H groups in total. The first-order valence-electron chi connectivity index (χ1n) is 7.59. The number of benzene rings is 2. The van der Waals surface area contributed by atoms with Crippen LogP contribution in [0.25, 0.3) is 0 Å². The highest BCUT2D eigenvalue weighted by Gasteiger charge is 2.13. The fourth-order valence-electron chi connectivity index (χ4n) is 2.15. The number of alkyl halides is 2. The number of ether oxygens (including phenoxy) is 2. The van der Waals surface area contributed by atoms with Crippen LogP contribution in [-0.2, 0) is 16.0 Å². The summed E-state index contributed by atoms with van der Waals surface area (Å²) in [6.45, 7) is -1.52. The number of amides is 1. The number of carbonyl (C=O) groups is 2.